The molecular formula is C16H16N3OS2+. The highest BCUT2D eigenvalue weighted by molar-refractivity contribution is 7.22. The van der Waals surface area contributed by atoms with Gasteiger partial charge in [-0.25, -0.2) is 4.98 Å². The molecule has 3 N–H and O–H groups in total. The number of carbonyl (C=O) groups is 1. The molecule has 0 fully saturated rings. The largest absolute Gasteiger partial charge is 0.342 e. The van der Waals surface area contributed by atoms with E-state index in [4.69, 9.17) is 4.98 Å². The molecule has 1 aliphatic rings. The average Bonchev–Trinajstić information content (AvgIpc) is 3.06. The molecule has 6 heteroatoms. The number of hydrogen-bond acceptors (Lipinski definition) is 4. The van der Waals surface area contributed by atoms with E-state index in [2.05, 4.69) is 16.7 Å². The summed E-state index contributed by atoms with van der Waals surface area (Å²) >= 11 is 3.40. The van der Waals surface area contributed by atoms with Crippen LogP contribution in [0.15, 0.2) is 24.3 Å². The quantitative estimate of drug-likeness (QED) is 0.759. The maximum atomic E-state index is 11.6. The minimum atomic E-state index is -0.0232. The molecule has 0 saturated carbocycles. The lowest BCUT2D eigenvalue weighted by Crippen LogP contribution is -2.84. The number of quaternary nitrogens is 1. The van der Waals surface area contributed by atoms with Gasteiger partial charge in [0.25, 0.3) is 0 Å². The first-order valence-electron chi connectivity index (χ1n) is 7.32. The number of thiophene rings is 1. The molecule has 2 aromatic heterocycles. The predicted octanol–water partition coefficient (Wildman–Crippen LogP) is 2.60. The van der Waals surface area contributed by atoms with Crippen LogP contribution < -0.4 is 10.6 Å². The monoisotopic (exact) mass is 330 g/mol. The molecule has 0 unspecified atom stereocenters. The highest BCUT2D eigenvalue weighted by Gasteiger charge is 2.25. The van der Waals surface area contributed by atoms with Gasteiger partial charge in [-0.2, -0.15) is 0 Å². The highest BCUT2D eigenvalue weighted by atomic mass is 32.1. The van der Waals surface area contributed by atoms with Crippen molar-refractivity contribution in [3.05, 3.63) is 34.7 Å². The van der Waals surface area contributed by atoms with Crippen LogP contribution in [0.2, 0.25) is 0 Å². The van der Waals surface area contributed by atoms with E-state index in [1.165, 1.54) is 15.1 Å². The zero-order valence-electron chi connectivity index (χ0n) is 12.2. The Hall–Kier alpha value is -1.76. The number of hydrogen-bond donors (Lipinski definition) is 2. The number of nitrogens with one attached hydrogen (secondary N) is 1. The first-order chi connectivity index (χ1) is 10.7. The van der Waals surface area contributed by atoms with Crippen molar-refractivity contribution in [1.29, 1.82) is 0 Å². The van der Waals surface area contributed by atoms with Gasteiger partial charge in [-0.15, -0.1) is 22.7 Å². The summed E-state index contributed by atoms with van der Waals surface area (Å²) in [4.78, 5) is 17.7. The molecule has 1 aromatic carbocycles. The number of amides is 1. The molecule has 4 nitrogen and oxygen atoms in total. The fourth-order valence-electron chi connectivity index (χ4n) is 2.87. The molecule has 3 heterocycles. The standard InChI is InChI=1S/C16H15N3OS2/c1-9(20)18-15-14(10-6-7-17-8-13(10)22-15)16-19-11-4-2-3-5-12(11)21-16/h2-5,17H,6-8H2,1H3,(H,18,20)/p+1. The summed E-state index contributed by atoms with van der Waals surface area (Å²) in [6.07, 6.45) is 1.04. The molecule has 0 bridgehead atoms. The zero-order valence-corrected chi connectivity index (χ0v) is 13.8. The fourth-order valence-corrected chi connectivity index (χ4v) is 5.28. The van der Waals surface area contributed by atoms with E-state index in [1.807, 2.05) is 18.2 Å². The van der Waals surface area contributed by atoms with Crippen LogP contribution in [0.25, 0.3) is 20.8 Å². The Kier molecular flexibility index (Phi) is 3.44. The first kappa shape index (κ1) is 13.9. The van der Waals surface area contributed by atoms with E-state index in [0.717, 1.165) is 40.6 Å². The van der Waals surface area contributed by atoms with Crippen molar-refractivity contribution < 1.29 is 10.1 Å². The second-order valence-corrected chi connectivity index (χ2v) is 7.54. The van der Waals surface area contributed by atoms with Gasteiger partial charge in [-0.1, -0.05) is 12.1 Å². The number of thiazole rings is 1. The summed E-state index contributed by atoms with van der Waals surface area (Å²) in [5.41, 5.74) is 3.54. The number of para-hydroxylation sites is 1. The maximum absolute atomic E-state index is 11.6. The summed E-state index contributed by atoms with van der Waals surface area (Å²) < 4.78 is 1.19. The van der Waals surface area contributed by atoms with Crippen LogP contribution in [-0.4, -0.2) is 17.4 Å². The molecule has 0 aliphatic carbocycles. The molecule has 0 saturated heterocycles. The lowest BCUT2D eigenvalue weighted by molar-refractivity contribution is -0.672. The summed E-state index contributed by atoms with van der Waals surface area (Å²) in [6, 6.07) is 8.19. The topological polar surface area (TPSA) is 58.6 Å². The Morgan fingerprint density at radius 3 is 3.00 bits per heavy atom. The third-order valence-corrected chi connectivity index (χ3v) is 6.04. The van der Waals surface area contributed by atoms with Gasteiger partial charge >= 0.3 is 0 Å². The molecule has 1 amide bonds. The second kappa shape index (κ2) is 5.46. The smallest absolute Gasteiger partial charge is 0.221 e. The molecule has 0 radical (unpaired) electrons. The summed E-state index contributed by atoms with van der Waals surface area (Å²) in [5.74, 6) is -0.0232. The van der Waals surface area contributed by atoms with Crippen LogP contribution in [0.3, 0.4) is 0 Å². The Morgan fingerprint density at radius 1 is 1.32 bits per heavy atom. The molecule has 0 spiro atoms. The summed E-state index contributed by atoms with van der Waals surface area (Å²) in [7, 11) is 0. The van der Waals surface area contributed by atoms with E-state index < -0.39 is 0 Å². The van der Waals surface area contributed by atoms with Crippen LogP contribution in [0.5, 0.6) is 0 Å². The number of anilines is 1. The Bertz CT molecular complexity index is 833. The van der Waals surface area contributed by atoms with Crippen molar-refractivity contribution in [1.82, 2.24) is 4.98 Å². The van der Waals surface area contributed by atoms with Gasteiger partial charge in [0.05, 0.1) is 21.6 Å². The molecule has 4 rings (SSSR count). The van der Waals surface area contributed by atoms with Crippen molar-refractivity contribution in [2.45, 2.75) is 19.9 Å². The third-order valence-electron chi connectivity index (χ3n) is 3.82. The molecule has 112 valence electrons. The van der Waals surface area contributed by atoms with Crippen LogP contribution in [-0.2, 0) is 17.8 Å². The number of nitrogens with two attached hydrogens (primary N) is 1. The Labute approximate surface area is 136 Å². The van der Waals surface area contributed by atoms with E-state index in [9.17, 15) is 4.79 Å². The number of benzene rings is 1. The second-order valence-electron chi connectivity index (χ2n) is 5.41. The van der Waals surface area contributed by atoms with E-state index in [-0.39, 0.29) is 5.91 Å². The number of carbonyl (C=O) groups excluding carboxylic acids is 1. The molecule has 22 heavy (non-hydrogen) atoms. The van der Waals surface area contributed by atoms with E-state index in [0.29, 0.717) is 0 Å². The SMILES string of the molecule is CC(=O)Nc1sc2c(c1-c1nc3ccccc3s1)CC[NH2+]C2. The van der Waals surface area contributed by atoms with Crippen LogP contribution in [0, 0.1) is 0 Å². The molecule has 3 aromatic rings. The van der Waals surface area contributed by atoms with Crippen molar-refractivity contribution in [3.63, 3.8) is 0 Å². The zero-order chi connectivity index (χ0) is 15.1. The Balaban J connectivity index is 1.91. The normalized spacial score (nSPS) is 14.0. The van der Waals surface area contributed by atoms with E-state index in [1.54, 1.807) is 29.6 Å². The van der Waals surface area contributed by atoms with Gasteiger partial charge in [-0.3, -0.25) is 4.79 Å². The minimum absolute atomic E-state index is 0.0232. The highest BCUT2D eigenvalue weighted by Crippen LogP contribution is 2.44. The number of rotatable bonds is 2. The van der Waals surface area contributed by atoms with Crippen molar-refractivity contribution >= 4 is 43.8 Å². The van der Waals surface area contributed by atoms with Crippen molar-refractivity contribution in [2.75, 3.05) is 11.9 Å². The Morgan fingerprint density at radius 2 is 2.18 bits per heavy atom. The van der Waals surface area contributed by atoms with Crippen molar-refractivity contribution in [3.8, 4) is 10.6 Å². The van der Waals surface area contributed by atoms with Crippen LogP contribution >= 0.6 is 22.7 Å². The van der Waals surface area contributed by atoms with Crippen LogP contribution in [0.4, 0.5) is 5.00 Å². The number of nitrogens with zero attached hydrogens (tertiary/aromatic N) is 1. The van der Waals surface area contributed by atoms with Gasteiger partial charge < -0.3 is 10.6 Å². The van der Waals surface area contributed by atoms with Crippen LogP contribution in [0.1, 0.15) is 17.4 Å². The summed E-state index contributed by atoms with van der Waals surface area (Å²) in [5, 5.41) is 7.29. The minimum Gasteiger partial charge on any atom is -0.342 e. The molecular weight excluding hydrogens is 314 g/mol. The maximum Gasteiger partial charge on any atom is 0.221 e. The first-order valence-corrected chi connectivity index (χ1v) is 8.95. The number of aromatic nitrogens is 1. The fraction of sp³-hybridized carbons (Fsp3) is 0.250. The average molecular weight is 330 g/mol. The van der Waals surface area contributed by atoms with Gasteiger partial charge in [-0.05, 0) is 17.7 Å². The third kappa shape index (κ3) is 2.33. The van der Waals surface area contributed by atoms with Gasteiger partial charge in [0.15, 0.2) is 0 Å². The predicted molar refractivity (Wildman–Crippen MR) is 91.4 cm³/mol. The van der Waals surface area contributed by atoms with Gasteiger partial charge in [0.2, 0.25) is 5.91 Å². The van der Waals surface area contributed by atoms with Gasteiger partial charge in [0, 0.05) is 18.9 Å². The lowest BCUT2D eigenvalue weighted by Gasteiger charge is -2.10. The molecule has 0 atom stereocenters. The van der Waals surface area contributed by atoms with E-state index >= 15 is 0 Å². The summed E-state index contributed by atoms with van der Waals surface area (Å²) in [6.45, 7) is 3.66. The molecule has 1 aliphatic heterocycles. The lowest BCUT2D eigenvalue weighted by atomic mass is 10.0. The van der Waals surface area contributed by atoms with Gasteiger partial charge in [0.1, 0.15) is 16.6 Å². The van der Waals surface area contributed by atoms with Crippen molar-refractivity contribution in [2.24, 2.45) is 0 Å². The number of fused-ring (bicyclic) bond motifs is 2.